The largest absolute Gasteiger partial charge is 0.281 e. The van der Waals surface area contributed by atoms with Gasteiger partial charge in [0, 0.05) is 13.6 Å². The second-order valence-electron chi connectivity index (χ2n) is 2.40. The van der Waals surface area contributed by atoms with Crippen molar-refractivity contribution in [2.45, 2.75) is 19.1 Å². The Balaban J connectivity index is 2.75. The first kappa shape index (κ1) is 8.89. The third kappa shape index (κ3) is 1.69. The topological polar surface area (TPSA) is 49.4 Å². The zero-order valence-electron chi connectivity index (χ0n) is 6.25. The van der Waals surface area contributed by atoms with E-state index in [0.717, 1.165) is 4.31 Å². The smallest absolute Gasteiger partial charge is 0.229 e. The number of nitrogens with one attached hydrogen (secondary N) is 1. The Morgan fingerprint density at radius 3 is 2.64 bits per heavy atom. The summed E-state index contributed by atoms with van der Waals surface area (Å²) >= 11 is 0. The van der Waals surface area contributed by atoms with Crippen LogP contribution < -0.4 is 4.72 Å². The summed E-state index contributed by atoms with van der Waals surface area (Å²) in [6.07, 6.45) is -0.435. The van der Waals surface area contributed by atoms with Crippen molar-refractivity contribution in [3.63, 3.8) is 0 Å². The molecule has 66 valence electrons. The van der Waals surface area contributed by atoms with Gasteiger partial charge in [-0.15, -0.1) is 0 Å². The highest BCUT2D eigenvalue weighted by molar-refractivity contribution is 7.87. The molecule has 4 nitrogen and oxygen atoms in total. The molecular weight excluding hydrogens is 171 g/mol. The molecule has 1 fully saturated rings. The molecule has 0 aliphatic carbocycles. The predicted molar refractivity (Wildman–Crippen MR) is 38.8 cm³/mol. The van der Waals surface area contributed by atoms with Crippen molar-refractivity contribution in [2.75, 3.05) is 13.6 Å². The van der Waals surface area contributed by atoms with Crippen molar-refractivity contribution >= 4 is 10.2 Å². The molecule has 0 spiro atoms. The van der Waals surface area contributed by atoms with E-state index in [0.29, 0.717) is 12.8 Å². The molecule has 1 atom stereocenters. The minimum Gasteiger partial charge on any atom is -0.229 e. The van der Waals surface area contributed by atoms with E-state index in [1.54, 1.807) is 0 Å². The zero-order valence-corrected chi connectivity index (χ0v) is 7.07. The Morgan fingerprint density at radius 1 is 1.64 bits per heavy atom. The Kier molecular flexibility index (Phi) is 2.46. The molecule has 11 heavy (non-hydrogen) atoms. The van der Waals surface area contributed by atoms with E-state index in [4.69, 9.17) is 0 Å². The molecule has 1 rings (SSSR count). The molecule has 0 saturated carbocycles. The third-order valence-corrected chi connectivity index (χ3v) is 3.24. The predicted octanol–water partition coefficient (Wildman–Crippen LogP) is -0.158. The molecule has 1 aliphatic heterocycles. The lowest BCUT2D eigenvalue weighted by atomic mass is 10.4. The molecule has 1 aliphatic rings. The van der Waals surface area contributed by atoms with Crippen LogP contribution in [0.3, 0.4) is 0 Å². The highest BCUT2D eigenvalue weighted by atomic mass is 32.2. The highest BCUT2D eigenvalue weighted by Gasteiger charge is 2.32. The molecule has 0 aromatic rings. The zero-order chi connectivity index (χ0) is 8.48. The Hall–Kier alpha value is -0.200. The number of alkyl halides is 1. The maximum absolute atomic E-state index is 12.8. The van der Waals surface area contributed by atoms with Gasteiger partial charge in [0.25, 0.3) is 10.2 Å². The van der Waals surface area contributed by atoms with Crippen molar-refractivity contribution in [3.8, 4) is 0 Å². The first-order valence-electron chi connectivity index (χ1n) is 3.42. The maximum atomic E-state index is 12.8. The van der Waals surface area contributed by atoms with Gasteiger partial charge in [0.05, 0.1) is 0 Å². The average Bonchev–Trinajstić information content (AvgIpc) is 2.36. The van der Waals surface area contributed by atoms with Crippen molar-refractivity contribution in [1.29, 1.82) is 0 Å². The van der Waals surface area contributed by atoms with E-state index in [1.165, 1.54) is 7.05 Å². The van der Waals surface area contributed by atoms with E-state index in [9.17, 15) is 12.8 Å². The van der Waals surface area contributed by atoms with E-state index in [1.807, 2.05) is 0 Å². The molecular formula is C5H11FN2O2S. The van der Waals surface area contributed by atoms with Crippen molar-refractivity contribution in [3.05, 3.63) is 0 Å². The van der Waals surface area contributed by atoms with Crippen molar-refractivity contribution < 1.29 is 12.8 Å². The molecule has 0 bridgehead atoms. The SMILES string of the molecule is CNS(=O)(=O)N1CCCC1F. The first-order chi connectivity index (χ1) is 5.08. The molecule has 0 radical (unpaired) electrons. The number of halogens is 1. The summed E-state index contributed by atoms with van der Waals surface area (Å²) in [5.41, 5.74) is 0. The monoisotopic (exact) mass is 182 g/mol. The second-order valence-corrected chi connectivity index (χ2v) is 4.22. The third-order valence-electron chi connectivity index (χ3n) is 1.70. The molecule has 1 saturated heterocycles. The quantitative estimate of drug-likeness (QED) is 0.603. The van der Waals surface area contributed by atoms with Crippen LogP contribution in [0.15, 0.2) is 0 Å². The highest BCUT2D eigenvalue weighted by Crippen LogP contribution is 2.20. The van der Waals surface area contributed by atoms with E-state index in [2.05, 4.69) is 4.72 Å². The van der Waals surface area contributed by atoms with Crippen LogP contribution in [0.4, 0.5) is 4.39 Å². The molecule has 0 aromatic heterocycles. The number of hydrogen-bond acceptors (Lipinski definition) is 2. The summed E-state index contributed by atoms with van der Waals surface area (Å²) in [5.74, 6) is 0. The Bertz CT molecular complexity index is 229. The van der Waals surface area contributed by atoms with E-state index < -0.39 is 16.5 Å². The van der Waals surface area contributed by atoms with Gasteiger partial charge < -0.3 is 0 Å². The summed E-state index contributed by atoms with van der Waals surface area (Å²) in [4.78, 5) is 0. The van der Waals surface area contributed by atoms with E-state index >= 15 is 0 Å². The number of hydrogen-bond donors (Lipinski definition) is 1. The minimum atomic E-state index is -3.54. The summed E-state index contributed by atoms with van der Waals surface area (Å²) in [6, 6.07) is 0. The molecule has 0 amide bonds. The van der Waals surface area contributed by atoms with Gasteiger partial charge >= 0.3 is 0 Å². The van der Waals surface area contributed by atoms with Gasteiger partial charge in [0.15, 0.2) is 6.30 Å². The van der Waals surface area contributed by atoms with E-state index in [-0.39, 0.29) is 6.54 Å². The average molecular weight is 182 g/mol. The fourth-order valence-corrected chi connectivity index (χ4v) is 2.10. The normalized spacial score (nSPS) is 27.6. The summed E-state index contributed by atoms with van der Waals surface area (Å²) in [5, 5.41) is 0. The van der Waals surface area contributed by atoms with Crippen LogP contribution >= 0.6 is 0 Å². The Morgan fingerprint density at radius 2 is 2.27 bits per heavy atom. The molecule has 1 N–H and O–H groups in total. The van der Waals surface area contributed by atoms with Gasteiger partial charge in [-0.2, -0.15) is 12.7 Å². The standard InChI is InChI=1S/C5H11FN2O2S/c1-7-11(9,10)8-4-2-3-5(8)6/h5,7H,2-4H2,1H3. The summed E-state index contributed by atoms with van der Waals surface area (Å²) in [7, 11) is -2.26. The number of nitrogens with zero attached hydrogens (tertiary/aromatic N) is 1. The van der Waals surface area contributed by atoms with Gasteiger partial charge in [-0.3, -0.25) is 0 Å². The van der Waals surface area contributed by atoms with Crippen LogP contribution in [0, 0.1) is 0 Å². The van der Waals surface area contributed by atoms with Crippen LogP contribution in [0.2, 0.25) is 0 Å². The lowest BCUT2D eigenvalue weighted by Gasteiger charge is -2.16. The van der Waals surface area contributed by atoms with Crippen LogP contribution in [-0.2, 0) is 10.2 Å². The molecule has 0 aromatic carbocycles. The van der Waals surface area contributed by atoms with Gasteiger partial charge in [0.2, 0.25) is 0 Å². The summed E-state index contributed by atoms with van der Waals surface area (Å²) in [6.45, 7) is 0.282. The number of rotatable bonds is 2. The van der Waals surface area contributed by atoms with Gasteiger partial charge in [-0.1, -0.05) is 0 Å². The fourth-order valence-electron chi connectivity index (χ4n) is 1.09. The van der Waals surface area contributed by atoms with Crippen molar-refractivity contribution in [1.82, 2.24) is 9.03 Å². The van der Waals surface area contributed by atoms with Crippen LogP contribution in [0.5, 0.6) is 0 Å². The molecule has 1 heterocycles. The minimum absolute atomic E-state index is 0.282. The fraction of sp³-hybridized carbons (Fsp3) is 1.00. The van der Waals surface area contributed by atoms with Gasteiger partial charge in [0.1, 0.15) is 0 Å². The van der Waals surface area contributed by atoms with Crippen LogP contribution in [0.1, 0.15) is 12.8 Å². The lowest BCUT2D eigenvalue weighted by Crippen LogP contribution is -2.40. The second kappa shape index (κ2) is 3.04. The lowest BCUT2D eigenvalue weighted by molar-refractivity contribution is 0.210. The van der Waals surface area contributed by atoms with Crippen LogP contribution in [-0.4, -0.2) is 32.6 Å². The van der Waals surface area contributed by atoms with Gasteiger partial charge in [-0.25, -0.2) is 9.11 Å². The van der Waals surface area contributed by atoms with Crippen molar-refractivity contribution in [2.24, 2.45) is 0 Å². The molecule has 6 heteroatoms. The molecule has 1 unspecified atom stereocenters. The first-order valence-corrected chi connectivity index (χ1v) is 4.86. The maximum Gasteiger partial charge on any atom is 0.281 e. The van der Waals surface area contributed by atoms with Crippen LogP contribution in [0.25, 0.3) is 0 Å². The Labute approximate surface area is 65.6 Å². The summed E-state index contributed by atoms with van der Waals surface area (Å²) < 4.78 is 37.7. The van der Waals surface area contributed by atoms with Gasteiger partial charge in [-0.05, 0) is 12.8 Å².